The quantitative estimate of drug-likeness (QED) is 0.741. The Bertz CT molecular complexity index is 766. The number of hydrogen-bond donors (Lipinski definition) is 1. The number of hydrogen-bond acceptors (Lipinski definition) is 5. The van der Waals surface area contributed by atoms with Gasteiger partial charge in [-0.05, 0) is 31.9 Å². The molecule has 2 aliphatic rings. The summed E-state index contributed by atoms with van der Waals surface area (Å²) in [6, 6.07) is 6.47. The molecular formula is C17H23N3O4S. The maximum Gasteiger partial charge on any atom is 0.243 e. The lowest BCUT2D eigenvalue weighted by molar-refractivity contribution is -0.122. The minimum Gasteiger partial charge on any atom is -0.352 e. The number of amides is 1. The van der Waals surface area contributed by atoms with E-state index in [0.29, 0.717) is 44.3 Å². The number of carbonyl (C=O) groups is 2. The van der Waals surface area contributed by atoms with Crippen LogP contribution >= 0.6 is 0 Å². The molecule has 7 nitrogen and oxygen atoms in total. The van der Waals surface area contributed by atoms with Gasteiger partial charge in [0.2, 0.25) is 15.9 Å². The molecule has 0 radical (unpaired) electrons. The Morgan fingerprint density at radius 3 is 2.44 bits per heavy atom. The van der Waals surface area contributed by atoms with E-state index in [1.54, 1.807) is 12.1 Å². The highest BCUT2D eigenvalue weighted by Gasteiger charge is 2.30. The average Bonchev–Trinajstić information content (AvgIpc) is 3.39. The lowest BCUT2D eigenvalue weighted by atomic mass is 10.2. The normalized spacial score (nSPS) is 19.6. The molecule has 1 saturated carbocycles. The summed E-state index contributed by atoms with van der Waals surface area (Å²) in [7, 11) is -3.63. The lowest BCUT2D eigenvalue weighted by Gasteiger charge is -2.33. The lowest BCUT2D eigenvalue weighted by Crippen LogP contribution is -2.51. The highest BCUT2D eigenvalue weighted by atomic mass is 32.2. The van der Waals surface area contributed by atoms with Crippen LogP contribution in [0.2, 0.25) is 0 Å². The number of nitrogens with zero attached hydrogens (tertiary/aromatic N) is 2. The number of rotatable bonds is 6. The van der Waals surface area contributed by atoms with E-state index >= 15 is 0 Å². The van der Waals surface area contributed by atoms with Crippen LogP contribution in [0, 0.1) is 0 Å². The molecule has 0 spiro atoms. The van der Waals surface area contributed by atoms with Gasteiger partial charge in [-0.1, -0.05) is 12.1 Å². The van der Waals surface area contributed by atoms with E-state index < -0.39 is 10.0 Å². The summed E-state index contributed by atoms with van der Waals surface area (Å²) < 4.78 is 26.9. The number of carbonyl (C=O) groups excluding carboxylic acids is 2. The van der Waals surface area contributed by atoms with Crippen molar-refractivity contribution in [1.29, 1.82) is 0 Å². The second kappa shape index (κ2) is 7.23. The molecule has 3 rings (SSSR count). The molecule has 1 heterocycles. The predicted molar refractivity (Wildman–Crippen MR) is 92.8 cm³/mol. The Morgan fingerprint density at radius 1 is 1.16 bits per heavy atom. The number of piperazine rings is 1. The molecule has 1 aromatic rings. The van der Waals surface area contributed by atoms with Crippen molar-refractivity contribution in [2.45, 2.75) is 30.7 Å². The van der Waals surface area contributed by atoms with Crippen molar-refractivity contribution >= 4 is 21.7 Å². The zero-order valence-electron chi connectivity index (χ0n) is 14.3. The zero-order valence-corrected chi connectivity index (χ0v) is 15.1. The number of Topliss-reactive ketones (excluding diaryl/α,β-unsaturated/α-hetero) is 1. The van der Waals surface area contributed by atoms with Gasteiger partial charge in [0.15, 0.2) is 5.78 Å². The van der Waals surface area contributed by atoms with Crippen molar-refractivity contribution < 1.29 is 18.0 Å². The molecule has 1 saturated heterocycles. The van der Waals surface area contributed by atoms with Crippen molar-refractivity contribution in [2.24, 2.45) is 0 Å². The summed E-state index contributed by atoms with van der Waals surface area (Å²) in [5, 5.41) is 2.94. The van der Waals surface area contributed by atoms with Crippen molar-refractivity contribution in [3.8, 4) is 0 Å². The first-order chi connectivity index (χ1) is 11.9. The second-order valence-electron chi connectivity index (χ2n) is 6.61. The van der Waals surface area contributed by atoms with Crippen LogP contribution in [-0.2, 0) is 14.8 Å². The average molecular weight is 365 g/mol. The Hall–Kier alpha value is -1.77. The molecule has 2 fully saturated rings. The SMILES string of the molecule is CC(=O)c1cccc(S(=O)(=O)N2CCN(CC(=O)NC3CC3)CC2)c1. The maximum absolute atomic E-state index is 12.8. The fraction of sp³-hybridized carbons (Fsp3) is 0.529. The zero-order chi connectivity index (χ0) is 18.0. The van der Waals surface area contributed by atoms with Gasteiger partial charge in [-0.15, -0.1) is 0 Å². The first-order valence-corrected chi connectivity index (χ1v) is 9.93. The highest BCUT2D eigenvalue weighted by Crippen LogP contribution is 2.20. The monoisotopic (exact) mass is 365 g/mol. The topological polar surface area (TPSA) is 86.8 Å². The van der Waals surface area contributed by atoms with Crippen LogP contribution in [0.4, 0.5) is 0 Å². The van der Waals surface area contributed by atoms with Crippen molar-refractivity contribution in [3.63, 3.8) is 0 Å². The summed E-state index contributed by atoms with van der Waals surface area (Å²) in [4.78, 5) is 25.4. The summed E-state index contributed by atoms with van der Waals surface area (Å²) in [5.41, 5.74) is 0.386. The summed E-state index contributed by atoms with van der Waals surface area (Å²) in [5.74, 6) is -0.156. The third-order valence-corrected chi connectivity index (χ3v) is 6.41. The van der Waals surface area contributed by atoms with Gasteiger partial charge in [-0.2, -0.15) is 4.31 Å². The molecule has 25 heavy (non-hydrogen) atoms. The third-order valence-electron chi connectivity index (χ3n) is 4.52. The van der Waals surface area contributed by atoms with Gasteiger partial charge in [0, 0.05) is 37.8 Å². The molecule has 1 amide bonds. The predicted octanol–water partition coefficient (Wildman–Crippen LogP) is 0.474. The minimum atomic E-state index is -3.63. The number of ketones is 1. The van der Waals surface area contributed by atoms with E-state index in [1.165, 1.54) is 23.4 Å². The van der Waals surface area contributed by atoms with Gasteiger partial charge in [0.05, 0.1) is 11.4 Å². The number of sulfonamides is 1. The molecular weight excluding hydrogens is 342 g/mol. The van der Waals surface area contributed by atoms with Gasteiger partial charge in [0.25, 0.3) is 0 Å². The van der Waals surface area contributed by atoms with Crippen LogP contribution < -0.4 is 5.32 Å². The number of nitrogens with one attached hydrogen (secondary N) is 1. The highest BCUT2D eigenvalue weighted by molar-refractivity contribution is 7.89. The fourth-order valence-corrected chi connectivity index (χ4v) is 4.33. The third kappa shape index (κ3) is 4.45. The van der Waals surface area contributed by atoms with E-state index in [1.807, 2.05) is 4.90 Å². The Kier molecular flexibility index (Phi) is 5.21. The molecule has 0 atom stereocenters. The van der Waals surface area contributed by atoms with Gasteiger partial charge in [0.1, 0.15) is 0 Å². The Labute approximate surface area is 148 Å². The van der Waals surface area contributed by atoms with Gasteiger partial charge < -0.3 is 5.32 Å². The standard InChI is InChI=1S/C17H23N3O4S/c1-13(21)14-3-2-4-16(11-14)25(23,24)20-9-7-19(8-10-20)12-17(22)18-15-5-6-15/h2-4,11,15H,5-10,12H2,1H3,(H,18,22). The molecule has 1 N–H and O–H groups in total. The van der Waals surface area contributed by atoms with Crippen molar-refractivity contribution in [3.05, 3.63) is 29.8 Å². The van der Waals surface area contributed by atoms with Crippen molar-refractivity contribution in [1.82, 2.24) is 14.5 Å². The Morgan fingerprint density at radius 2 is 1.84 bits per heavy atom. The van der Waals surface area contributed by atoms with E-state index in [0.717, 1.165) is 12.8 Å². The molecule has 1 aliphatic carbocycles. The molecule has 8 heteroatoms. The van der Waals surface area contributed by atoms with Crippen LogP contribution in [0.15, 0.2) is 29.2 Å². The summed E-state index contributed by atoms with van der Waals surface area (Å²) >= 11 is 0. The molecule has 136 valence electrons. The van der Waals surface area contributed by atoms with E-state index in [2.05, 4.69) is 5.32 Å². The molecule has 0 unspecified atom stereocenters. The second-order valence-corrected chi connectivity index (χ2v) is 8.54. The maximum atomic E-state index is 12.8. The Balaban J connectivity index is 1.60. The van der Waals surface area contributed by atoms with Crippen molar-refractivity contribution in [2.75, 3.05) is 32.7 Å². The van der Waals surface area contributed by atoms with Crippen LogP contribution in [0.3, 0.4) is 0 Å². The van der Waals surface area contributed by atoms with E-state index in [-0.39, 0.29) is 16.6 Å². The molecule has 1 aromatic carbocycles. The smallest absolute Gasteiger partial charge is 0.243 e. The van der Waals surface area contributed by atoms with Crippen LogP contribution in [0.1, 0.15) is 30.1 Å². The minimum absolute atomic E-state index is 0.00738. The number of benzene rings is 1. The van der Waals surface area contributed by atoms with E-state index in [4.69, 9.17) is 0 Å². The molecule has 0 aromatic heterocycles. The van der Waals surface area contributed by atoms with Gasteiger partial charge in [-0.25, -0.2) is 8.42 Å². The van der Waals surface area contributed by atoms with Crippen LogP contribution in [0.25, 0.3) is 0 Å². The fourth-order valence-electron chi connectivity index (χ4n) is 2.86. The van der Waals surface area contributed by atoms with Crippen LogP contribution in [0.5, 0.6) is 0 Å². The van der Waals surface area contributed by atoms with E-state index in [9.17, 15) is 18.0 Å². The summed E-state index contributed by atoms with van der Waals surface area (Å²) in [6.45, 7) is 3.43. The largest absolute Gasteiger partial charge is 0.352 e. The summed E-state index contributed by atoms with van der Waals surface area (Å²) in [6.07, 6.45) is 2.11. The molecule has 0 bridgehead atoms. The first kappa shape index (κ1) is 18.0. The first-order valence-electron chi connectivity index (χ1n) is 8.49. The van der Waals surface area contributed by atoms with Gasteiger partial charge >= 0.3 is 0 Å². The van der Waals surface area contributed by atoms with Gasteiger partial charge in [-0.3, -0.25) is 14.5 Å². The molecule has 1 aliphatic heterocycles. The van der Waals surface area contributed by atoms with Crippen LogP contribution in [-0.4, -0.2) is 68.1 Å².